The van der Waals surface area contributed by atoms with Gasteiger partial charge in [0.05, 0.1) is 11.6 Å². The SMILES string of the molecule is CC1=C(c2nc(-c3ccc4c(c3)OCO4)no2)C(c2cccc(F)c2)NC(=S)N1CCC(C)C. The second kappa shape index (κ2) is 9.06. The topological polar surface area (TPSA) is 72.6 Å². The first-order valence-electron chi connectivity index (χ1n) is 11.2. The van der Waals surface area contributed by atoms with E-state index in [-0.39, 0.29) is 12.6 Å². The number of halogens is 1. The Morgan fingerprint density at radius 1 is 1.18 bits per heavy atom. The number of hydrogen-bond donors (Lipinski definition) is 1. The van der Waals surface area contributed by atoms with Crippen LogP contribution in [0.15, 0.2) is 52.7 Å². The Hall–Kier alpha value is -3.46. The largest absolute Gasteiger partial charge is 0.454 e. The molecule has 1 atom stereocenters. The number of nitrogens with one attached hydrogen (secondary N) is 1. The van der Waals surface area contributed by atoms with Gasteiger partial charge in [-0.2, -0.15) is 4.98 Å². The zero-order chi connectivity index (χ0) is 23.8. The van der Waals surface area contributed by atoms with Gasteiger partial charge < -0.3 is 24.2 Å². The summed E-state index contributed by atoms with van der Waals surface area (Å²) in [4.78, 5) is 6.74. The summed E-state index contributed by atoms with van der Waals surface area (Å²) in [6, 6.07) is 11.5. The highest BCUT2D eigenvalue weighted by molar-refractivity contribution is 7.80. The van der Waals surface area contributed by atoms with Crippen LogP contribution in [0.3, 0.4) is 0 Å². The fraction of sp³-hybridized carbons (Fsp3) is 0.320. The fourth-order valence-electron chi connectivity index (χ4n) is 4.14. The van der Waals surface area contributed by atoms with Gasteiger partial charge in [-0.25, -0.2) is 4.39 Å². The van der Waals surface area contributed by atoms with Crippen molar-refractivity contribution in [2.24, 2.45) is 5.92 Å². The molecule has 1 aromatic heterocycles. The molecule has 1 unspecified atom stereocenters. The third-order valence-electron chi connectivity index (χ3n) is 6.00. The minimum Gasteiger partial charge on any atom is -0.454 e. The Kier molecular flexibility index (Phi) is 5.95. The van der Waals surface area contributed by atoms with E-state index in [1.165, 1.54) is 12.1 Å². The fourth-order valence-corrected chi connectivity index (χ4v) is 4.48. The molecule has 2 aliphatic heterocycles. The Balaban J connectivity index is 1.56. The van der Waals surface area contributed by atoms with Crippen LogP contribution >= 0.6 is 12.2 Å². The molecule has 0 bridgehead atoms. The van der Waals surface area contributed by atoms with Crippen LogP contribution in [0, 0.1) is 11.7 Å². The Bertz CT molecular complexity index is 1270. The molecule has 0 amide bonds. The molecular weight excluding hydrogens is 455 g/mol. The Morgan fingerprint density at radius 2 is 2.00 bits per heavy atom. The van der Waals surface area contributed by atoms with Gasteiger partial charge in [0.1, 0.15) is 5.82 Å². The predicted octanol–water partition coefficient (Wildman–Crippen LogP) is 5.31. The molecule has 3 heterocycles. The monoisotopic (exact) mass is 480 g/mol. The Morgan fingerprint density at radius 3 is 2.79 bits per heavy atom. The van der Waals surface area contributed by atoms with Crippen LogP contribution in [0.2, 0.25) is 0 Å². The quantitative estimate of drug-likeness (QED) is 0.476. The zero-order valence-corrected chi connectivity index (χ0v) is 20.0. The third-order valence-corrected chi connectivity index (χ3v) is 6.33. The molecule has 9 heteroatoms. The van der Waals surface area contributed by atoms with E-state index in [1.807, 2.05) is 36.1 Å². The van der Waals surface area contributed by atoms with E-state index >= 15 is 0 Å². The van der Waals surface area contributed by atoms with Gasteiger partial charge in [-0.1, -0.05) is 31.1 Å². The summed E-state index contributed by atoms with van der Waals surface area (Å²) in [5.41, 5.74) is 3.14. The van der Waals surface area contributed by atoms with Crippen molar-refractivity contribution in [3.8, 4) is 22.9 Å². The summed E-state index contributed by atoms with van der Waals surface area (Å²) < 4.78 is 30.7. The zero-order valence-electron chi connectivity index (χ0n) is 19.2. The molecule has 0 fully saturated rings. The van der Waals surface area contributed by atoms with Gasteiger partial charge in [0, 0.05) is 17.8 Å². The molecule has 176 valence electrons. The van der Waals surface area contributed by atoms with Crippen molar-refractivity contribution in [2.75, 3.05) is 13.3 Å². The van der Waals surface area contributed by atoms with Crippen LogP contribution < -0.4 is 14.8 Å². The first kappa shape index (κ1) is 22.3. The smallest absolute Gasteiger partial charge is 0.258 e. The molecule has 0 saturated heterocycles. The van der Waals surface area contributed by atoms with Crippen molar-refractivity contribution in [1.82, 2.24) is 20.4 Å². The molecule has 1 N–H and O–H groups in total. The maximum Gasteiger partial charge on any atom is 0.258 e. The number of rotatable bonds is 6. The van der Waals surface area contributed by atoms with Crippen LogP contribution in [-0.2, 0) is 0 Å². The number of hydrogen-bond acceptors (Lipinski definition) is 6. The lowest BCUT2D eigenvalue weighted by molar-refractivity contribution is 0.174. The summed E-state index contributed by atoms with van der Waals surface area (Å²) in [5.74, 6) is 2.29. The number of benzene rings is 2. The molecule has 2 aliphatic rings. The van der Waals surface area contributed by atoms with E-state index in [0.29, 0.717) is 34.2 Å². The molecular formula is C25H25FN4O3S. The first-order chi connectivity index (χ1) is 16.4. The van der Waals surface area contributed by atoms with Crippen molar-refractivity contribution in [1.29, 1.82) is 0 Å². The standard InChI is InChI=1S/C25H25FN4O3S/c1-14(2)9-10-30-15(3)21(22(27-25(30)34)16-5-4-6-18(26)11-16)24-28-23(29-33-24)17-7-8-19-20(12-17)32-13-31-19/h4-8,11-12,14,22H,9-10,13H2,1-3H3,(H,27,34). The lowest BCUT2D eigenvalue weighted by Crippen LogP contribution is -2.46. The summed E-state index contributed by atoms with van der Waals surface area (Å²) in [5, 5.41) is 8.17. The van der Waals surface area contributed by atoms with Crippen molar-refractivity contribution < 1.29 is 18.4 Å². The average Bonchev–Trinajstić information content (AvgIpc) is 3.47. The van der Waals surface area contributed by atoms with Crippen LogP contribution in [0.25, 0.3) is 17.0 Å². The van der Waals surface area contributed by atoms with Crippen LogP contribution in [-0.4, -0.2) is 33.5 Å². The first-order valence-corrected chi connectivity index (χ1v) is 11.6. The van der Waals surface area contributed by atoms with Crippen molar-refractivity contribution >= 4 is 22.9 Å². The van der Waals surface area contributed by atoms with E-state index in [9.17, 15) is 4.39 Å². The van der Waals surface area contributed by atoms with Crippen molar-refractivity contribution in [2.45, 2.75) is 33.2 Å². The summed E-state index contributed by atoms with van der Waals surface area (Å²) in [6.07, 6.45) is 0.962. The summed E-state index contributed by atoms with van der Waals surface area (Å²) >= 11 is 5.69. The van der Waals surface area contributed by atoms with Gasteiger partial charge >= 0.3 is 0 Å². The molecule has 34 heavy (non-hydrogen) atoms. The summed E-state index contributed by atoms with van der Waals surface area (Å²) in [7, 11) is 0. The highest BCUT2D eigenvalue weighted by Crippen LogP contribution is 2.39. The van der Waals surface area contributed by atoms with Gasteiger partial charge in [-0.15, -0.1) is 0 Å². The van der Waals surface area contributed by atoms with Crippen molar-refractivity contribution in [3.05, 3.63) is 65.4 Å². The van der Waals surface area contributed by atoms with Gasteiger partial charge in [0.25, 0.3) is 5.89 Å². The second-order valence-corrected chi connectivity index (χ2v) is 9.15. The maximum atomic E-state index is 14.1. The lowest BCUT2D eigenvalue weighted by atomic mass is 9.94. The molecule has 0 saturated carbocycles. The maximum absolute atomic E-state index is 14.1. The Labute approximate surface area is 202 Å². The summed E-state index contributed by atoms with van der Waals surface area (Å²) in [6.45, 7) is 7.27. The minimum absolute atomic E-state index is 0.190. The molecule has 0 radical (unpaired) electrons. The molecule has 7 nitrogen and oxygen atoms in total. The number of nitrogens with zero attached hydrogens (tertiary/aromatic N) is 3. The van der Waals surface area contributed by atoms with E-state index in [4.69, 9.17) is 31.2 Å². The van der Waals surface area contributed by atoms with Gasteiger partial charge in [-0.3, -0.25) is 0 Å². The molecule has 0 aliphatic carbocycles. The van der Waals surface area contributed by atoms with Crippen molar-refractivity contribution in [3.63, 3.8) is 0 Å². The average molecular weight is 481 g/mol. The van der Waals surface area contributed by atoms with E-state index < -0.39 is 6.04 Å². The van der Waals surface area contributed by atoms with E-state index in [0.717, 1.165) is 35.4 Å². The van der Waals surface area contributed by atoms with Crippen LogP contribution in [0.5, 0.6) is 11.5 Å². The highest BCUT2D eigenvalue weighted by atomic mass is 32.1. The predicted molar refractivity (Wildman–Crippen MR) is 129 cm³/mol. The lowest BCUT2D eigenvalue weighted by Gasteiger charge is -2.37. The minimum atomic E-state index is -0.427. The molecule has 2 aromatic carbocycles. The molecule has 3 aromatic rings. The van der Waals surface area contributed by atoms with Gasteiger partial charge in [-0.05, 0) is 67.4 Å². The third kappa shape index (κ3) is 4.23. The van der Waals surface area contributed by atoms with Gasteiger partial charge in [0.2, 0.25) is 12.6 Å². The number of thiocarbonyl (C=S) groups is 1. The number of ether oxygens (including phenoxy) is 2. The van der Waals surface area contributed by atoms with Gasteiger partial charge in [0.15, 0.2) is 16.6 Å². The second-order valence-electron chi connectivity index (χ2n) is 8.76. The van der Waals surface area contributed by atoms with Crippen LogP contribution in [0.1, 0.15) is 44.7 Å². The highest BCUT2D eigenvalue weighted by Gasteiger charge is 2.34. The molecule has 5 rings (SSSR count). The number of allylic oxidation sites excluding steroid dienone is 1. The number of fused-ring (bicyclic) bond motifs is 1. The normalized spacial score (nSPS) is 17.5. The van der Waals surface area contributed by atoms with E-state index in [2.05, 4.69) is 24.3 Å². The molecule has 0 spiro atoms. The number of aromatic nitrogens is 2. The van der Waals surface area contributed by atoms with Crippen LogP contribution in [0.4, 0.5) is 4.39 Å². The van der Waals surface area contributed by atoms with E-state index in [1.54, 1.807) is 6.07 Å².